The smallest absolute Gasteiger partial charge is 0.407 e. The highest BCUT2D eigenvalue weighted by Crippen LogP contribution is 2.44. The van der Waals surface area contributed by atoms with E-state index in [1.165, 1.54) is 11.1 Å². The second-order valence-corrected chi connectivity index (χ2v) is 9.48. The number of ether oxygens (including phenoxy) is 1. The first-order chi connectivity index (χ1) is 16.3. The molecule has 1 aliphatic rings. The molecule has 0 saturated heterocycles. The van der Waals surface area contributed by atoms with Gasteiger partial charge >= 0.3 is 12.1 Å². The Morgan fingerprint density at radius 1 is 0.912 bits per heavy atom. The third-order valence-corrected chi connectivity index (χ3v) is 6.12. The SMILES string of the molecule is CC(C)CC(CNC(=O)CC(C)CNC(=O)OCC1c2ccccc2-c2ccccc21)C(=O)O. The van der Waals surface area contributed by atoms with Crippen LogP contribution in [0.3, 0.4) is 0 Å². The number of hydrogen-bond donors (Lipinski definition) is 3. The average Bonchev–Trinajstić information content (AvgIpc) is 3.12. The summed E-state index contributed by atoms with van der Waals surface area (Å²) in [5.74, 6) is -1.62. The molecule has 3 N–H and O–H groups in total. The number of carbonyl (C=O) groups is 3. The van der Waals surface area contributed by atoms with E-state index in [1.54, 1.807) is 0 Å². The van der Waals surface area contributed by atoms with Crippen molar-refractivity contribution in [2.75, 3.05) is 19.7 Å². The normalized spacial score (nSPS) is 14.1. The van der Waals surface area contributed by atoms with Gasteiger partial charge in [-0.1, -0.05) is 69.3 Å². The molecule has 7 nitrogen and oxygen atoms in total. The van der Waals surface area contributed by atoms with Gasteiger partial charge in [0, 0.05) is 25.4 Å². The van der Waals surface area contributed by atoms with Crippen LogP contribution in [0.2, 0.25) is 0 Å². The number of carbonyl (C=O) groups excluding carboxylic acids is 2. The summed E-state index contributed by atoms with van der Waals surface area (Å²) in [6.07, 6.45) is 0.184. The molecule has 0 bridgehead atoms. The molecular weight excluding hydrogens is 432 g/mol. The van der Waals surface area contributed by atoms with Crippen LogP contribution in [0.15, 0.2) is 48.5 Å². The molecule has 1 aliphatic carbocycles. The third-order valence-electron chi connectivity index (χ3n) is 6.12. The van der Waals surface area contributed by atoms with E-state index in [9.17, 15) is 19.5 Å². The monoisotopic (exact) mass is 466 g/mol. The largest absolute Gasteiger partial charge is 0.481 e. The summed E-state index contributed by atoms with van der Waals surface area (Å²) in [5.41, 5.74) is 4.65. The van der Waals surface area contributed by atoms with Crippen molar-refractivity contribution in [2.24, 2.45) is 17.8 Å². The third kappa shape index (κ3) is 6.59. The van der Waals surface area contributed by atoms with Crippen LogP contribution < -0.4 is 10.6 Å². The first kappa shape index (κ1) is 25.3. The van der Waals surface area contributed by atoms with E-state index in [-0.39, 0.29) is 43.2 Å². The van der Waals surface area contributed by atoms with Crippen molar-refractivity contribution in [3.8, 4) is 11.1 Å². The number of fused-ring (bicyclic) bond motifs is 3. The standard InChI is InChI=1S/C27H34N2O5/c1-17(2)12-19(26(31)32)15-28-25(30)13-18(3)14-29-27(33)34-16-24-22-10-6-4-8-20(22)21-9-5-7-11-23(21)24/h4-11,17-19,24H,12-16H2,1-3H3,(H,28,30)(H,29,33)(H,31,32). The maximum absolute atomic E-state index is 12.3. The van der Waals surface area contributed by atoms with Crippen molar-refractivity contribution < 1.29 is 24.2 Å². The van der Waals surface area contributed by atoms with Crippen LogP contribution in [-0.4, -0.2) is 42.8 Å². The number of hydrogen-bond acceptors (Lipinski definition) is 4. The molecule has 3 rings (SSSR count). The summed E-state index contributed by atoms with van der Waals surface area (Å²) < 4.78 is 5.52. The minimum atomic E-state index is -0.904. The Hall–Kier alpha value is -3.35. The van der Waals surface area contributed by atoms with E-state index in [0.29, 0.717) is 13.0 Å². The topological polar surface area (TPSA) is 105 Å². The van der Waals surface area contributed by atoms with Gasteiger partial charge in [-0.2, -0.15) is 0 Å². The van der Waals surface area contributed by atoms with Gasteiger partial charge in [-0.15, -0.1) is 0 Å². The lowest BCUT2D eigenvalue weighted by Gasteiger charge is -2.17. The van der Waals surface area contributed by atoms with Crippen LogP contribution in [-0.2, 0) is 14.3 Å². The molecule has 0 radical (unpaired) electrons. The first-order valence-corrected chi connectivity index (χ1v) is 11.8. The number of carboxylic acids is 1. The number of rotatable bonds is 11. The highest BCUT2D eigenvalue weighted by atomic mass is 16.5. The Morgan fingerprint density at radius 3 is 2.06 bits per heavy atom. The lowest BCUT2D eigenvalue weighted by Crippen LogP contribution is -2.36. The van der Waals surface area contributed by atoms with Crippen LogP contribution in [0.25, 0.3) is 11.1 Å². The van der Waals surface area contributed by atoms with Crippen LogP contribution in [0, 0.1) is 17.8 Å². The minimum Gasteiger partial charge on any atom is -0.481 e. The molecule has 0 fully saturated rings. The van der Waals surface area contributed by atoms with Crippen molar-refractivity contribution in [2.45, 2.75) is 39.5 Å². The summed E-state index contributed by atoms with van der Waals surface area (Å²) in [4.78, 5) is 35.8. The lowest BCUT2D eigenvalue weighted by atomic mass is 9.97. The van der Waals surface area contributed by atoms with Gasteiger partial charge in [-0.05, 0) is 40.5 Å². The van der Waals surface area contributed by atoms with E-state index in [1.807, 2.05) is 45.0 Å². The van der Waals surface area contributed by atoms with Crippen LogP contribution >= 0.6 is 0 Å². The fraction of sp³-hybridized carbons (Fsp3) is 0.444. The Bertz CT molecular complexity index is 974. The molecule has 0 aliphatic heterocycles. The van der Waals surface area contributed by atoms with Gasteiger partial charge in [-0.3, -0.25) is 9.59 Å². The average molecular weight is 467 g/mol. The maximum atomic E-state index is 12.3. The Labute approximate surface area is 200 Å². The number of benzene rings is 2. The highest BCUT2D eigenvalue weighted by molar-refractivity contribution is 5.79. The van der Waals surface area contributed by atoms with Gasteiger partial charge < -0.3 is 20.5 Å². The zero-order chi connectivity index (χ0) is 24.7. The van der Waals surface area contributed by atoms with Crippen molar-refractivity contribution in [3.63, 3.8) is 0 Å². The Morgan fingerprint density at radius 2 is 1.50 bits per heavy atom. The minimum absolute atomic E-state index is 0.00521. The van der Waals surface area contributed by atoms with Crippen molar-refractivity contribution >= 4 is 18.0 Å². The van der Waals surface area contributed by atoms with E-state index in [4.69, 9.17) is 4.74 Å². The second kappa shape index (κ2) is 11.7. The zero-order valence-corrected chi connectivity index (χ0v) is 20.0. The van der Waals surface area contributed by atoms with E-state index in [2.05, 4.69) is 34.9 Å². The zero-order valence-electron chi connectivity index (χ0n) is 20.0. The maximum Gasteiger partial charge on any atom is 0.407 e. The van der Waals surface area contributed by atoms with Gasteiger partial charge in [0.2, 0.25) is 5.91 Å². The van der Waals surface area contributed by atoms with Gasteiger partial charge in [0.15, 0.2) is 0 Å². The molecule has 0 aromatic heterocycles. The fourth-order valence-corrected chi connectivity index (χ4v) is 4.45. The summed E-state index contributed by atoms with van der Waals surface area (Å²) in [6, 6.07) is 16.3. The van der Waals surface area contributed by atoms with E-state index in [0.717, 1.165) is 11.1 Å². The Kier molecular flexibility index (Phi) is 8.68. The Balaban J connectivity index is 1.42. The fourth-order valence-electron chi connectivity index (χ4n) is 4.45. The van der Waals surface area contributed by atoms with E-state index >= 15 is 0 Å². The second-order valence-electron chi connectivity index (χ2n) is 9.48. The molecule has 0 saturated carbocycles. The molecule has 0 heterocycles. The summed E-state index contributed by atoms with van der Waals surface area (Å²) in [7, 11) is 0. The number of alkyl carbamates (subject to hydrolysis) is 1. The van der Waals surface area contributed by atoms with Gasteiger partial charge in [0.05, 0.1) is 5.92 Å². The molecule has 7 heteroatoms. The molecule has 2 amide bonds. The summed E-state index contributed by atoms with van der Waals surface area (Å²) in [5, 5.41) is 14.7. The molecule has 0 spiro atoms. The molecular formula is C27H34N2O5. The van der Waals surface area contributed by atoms with Crippen LogP contribution in [0.1, 0.15) is 50.7 Å². The summed E-state index contributed by atoms with van der Waals surface area (Å²) in [6.45, 7) is 6.40. The predicted molar refractivity (Wildman–Crippen MR) is 130 cm³/mol. The van der Waals surface area contributed by atoms with Crippen molar-refractivity contribution in [3.05, 3.63) is 59.7 Å². The molecule has 2 atom stereocenters. The number of aliphatic carboxylic acids is 1. The predicted octanol–water partition coefficient (Wildman–Crippen LogP) is 4.41. The van der Waals surface area contributed by atoms with Gasteiger partial charge in [0.25, 0.3) is 0 Å². The van der Waals surface area contributed by atoms with Gasteiger partial charge in [-0.25, -0.2) is 4.79 Å². The molecule has 34 heavy (non-hydrogen) atoms. The van der Waals surface area contributed by atoms with Crippen molar-refractivity contribution in [1.82, 2.24) is 10.6 Å². The molecule has 2 aromatic rings. The molecule has 2 aromatic carbocycles. The molecule has 182 valence electrons. The molecule has 2 unspecified atom stereocenters. The van der Waals surface area contributed by atoms with E-state index < -0.39 is 18.0 Å². The number of nitrogens with one attached hydrogen (secondary N) is 2. The number of amides is 2. The lowest BCUT2D eigenvalue weighted by molar-refractivity contribution is -0.142. The van der Waals surface area contributed by atoms with Crippen LogP contribution in [0.5, 0.6) is 0 Å². The van der Waals surface area contributed by atoms with Crippen LogP contribution in [0.4, 0.5) is 4.79 Å². The quantitative estimate of drug-likeness (QED) is 0.455. The highest BCUT2D eigenvalue weighted by Gasteiger charge is 2.29. The van der Waals surface area contributed by atoms with Gasteiger partial charge in [0.1, 0.15) is 6.61 Å². The summed E-state index contributed by atoms with van der Waals surface area (Å²) >= 11 is 0. The van der Waals surface area contributed by atoms with Crippen molar-refractivity contribution in [1.29, 1.82) is 0 Å². The number of carboxylic acid groups (broad SMARTS) is 1. The first-order valence-electron chi connectivity index (χ1n) is 11.8.